The zero-order valence-corrected chi connectivity index (χ0v) is 25.5. The molecule has 208 valence electrons. The first-order chi connectivity index (χ1) is 20.5. The summed E-state index contributed by atoms with van der Waals surface area (Å²) >= 11 is 6.49. The zero-order chi connectivity index (χ0) is 28.8. The SMILES string of the molecule is COc1ccc(Oc2cc(OC)c(-n3cc(Br)cn3)c(-c3nc4ccccc4s3)c2O)c(-c2nc3ccccc3s2)c1. The lowest BCUT2D eigenvalue weighted by atomic mass is 10.1. The van der Waals surface area contributed by atoms with Gasteiger partial charge in [0.25, 0.3) is 0 Å². The number of para-hydroxylation sites is 2. The van der Waals surface area contributed by atoms with Gasteiger partial charge in [-0.15, -0.1) is 22.7 Å². The largest absolute Gasteiger partial charge is 0.504 e. The van der Waals surface area contributed by atoms with Gasteiger partial charge in [0.15, 0.2) is 11.5 Å². The summed E-state index contributed by atoms with van der Waals surface area (Å²) in [7, 11) is 3.19. The topological polar surface area (TPSA) is 91.5 Å². The van der Waals surface area contributed by atoms with Gasteiger partial charge in [-0.25, -0.2) is 14.6 Å². The third-order valence-electron chi connectivity index (χ3n) is 6.64. The van der Waals surface area contributed by atoms with E-state index < -0.39 is 0 Å². The number of ether oxygens (including phenoxy) is 3. The molecular weight excluding hydrogens is 636 g/mol. The molecule has 0 saturated carbocycles. The van der Waals surface area contributed by atoms with E-state index in [1.54, 1.807) is 48.7 Å². The molecule has 0 amide bonds. The molecule has 8 nitrogen and oxygen atoms in total. The molecule has 0 unspecified atom stereocenters. The molecule has 7 aromatic rings. The molecule has 3 aromatic heterocycles. The Balaban J connectivity index is 1.43. The second-order valence-corrected chi connectivity index (χ2v) is 12.2. The normalized spacial score (nSPS) is 11.3. The molecule has 0 bridgehead atoms. The molecular formula is C31H21BrN4O4S2. The number of fused-ring (bicyclic) bond motifs is 2. The van der Waals surface area contributed by atoms with Crippen molar-refractivity contribution in [3.05, 3.63) is 89.7 Å². The summed E-state index contributed by atoms with van der Waals surface area (Å²) in [6.07, 6.45) is 3.47. The number of benzene rings is 4. The predicted octanol–water partition coefficient (Wildman–Crippen LogP) is 8.70. The molecule has 7 rings (SSSR count). The second kappa shape index (κ2) is 10.8. The van der Waals surface area contributed by atoms with Crippen molar-refractivity contribution in [1.82, 2.24) is 19.7 Å². The summed E-state index contributed by atoms with van der Waals surface area (Å²) in [5, 5.41) is 17.7. The highest BCUT2D eigenvalue weighted by Gasteiger charge is 2.27. The van der Waals surface area contributed by atoms with Crippen LogP contribution in [0.2, 0.25) is 0 Å². The Morgan fingerprint density at radius 1 is 0.786 bits per heavy atom. The van der Waals surface area contributed by atoms with Gasteiger partial charge in [-0.1, -0.05) is 24.3 Å². The van der Waals surface area contributed by atoms with E-state index in [1.165, 1.54) is 11.3 Å². The third kappa shape index (κ3) is 4.65. The molecule has 42 heavy (non-hydrogen) atoms. The zero-order valence-electron chi connectivity index (χ0n) is 22.2. The minimum atomic E-state index is -0.0949. The Morgan fingerprint density at radius 2 is 1.48 bits per heavy atom. The van der Waals surface area contributed by atoms with Crippen LogP contribution < -0.4 is 14.2 Å². The number of halogens is 1. The third-order valence-corrected chi connectivity index (χ3v) is 9.17. The van der Waals surface area contributed by atoms with Crippen molar-refractivity contribution in [1.29, 1.82) is 0 Å². The van der Waals surface area contributed by atoms with E-state index in [1.807, 2.05) is 66.7 Å². The first-order valence-electron chi connectivity index (χ1n) is 12.7. The van der Waals surface area contributed by atoms with Crippen LogP contribution in [0.15, 0.2) is 89.7 Å². The van der Waals surface area contributed by atoms with Crippen LogP contribution in [-0.4, -0.2) is 39.1 Å². The fraction of sp³-hybridized carbons (Fsp3) is 0.0645. The van der Waals surface area contributed by atoms with E-state index in [2.05, 4.69) is 21.0 Å². The van der Waals surface area contributed by atoms with E-state index in [0.29, 0.717) is 33.5 Å². The Labute approximate surface area is 256 Å². The minimum absolute atomic E-state index is 0.0949. The van der Waals surface area contributed by atoms with Crippen LogP contribution in [0.5, 0.6) is 28.7 Å². The molecule has 0 saturated heterocycles. The number of hydrogen-bond donors (Lipinski definition) is 1. The Bertz CT molecular complexity index is 2040. The van der Waals surface area contributed by atoms with Crippen molar-refractivity contribution in [2.45, 2.75) is 0 Å². The molecule has 0 radical (unpaired) electrons. The number of phenols is 1. The quantitative estimate of drug-likeness (QED) is 0.183. The average molecular weight is 658 g/mol. The Kier molecular flexibility index (Phi) is 6.77. The highest BCUT2D eigenvalue weighted by Crippen LogP contribution is 2.50. The van der Waals surface area contributed by atoms with Crippen LogP contribution in [0.4, 0.5) is 0 Å². The maximum absolute atomic E-state index is 11.9. The van der Waals surface area contributed by atoms with Crippen molar-refractivity contribution in [3.63, 3.8) is 0 Å². The van der Waals surface area contributed by atoms with Crippen molar-refractivity contribution in [2.75, 3.05) is 14.2 Å². The highest BCUT2D eigenvalue weighted by molar-refractivity contribution is 9.10. The Morgan fingerprint density at radius 3 is 2.12 bits per heavy atom. The number of phenolic OH excluding ortho intramolecular Hbond substituents is 1. The summed E-state index contributed by atoms with van der Waals surface area (Å²) in [6, 6.07) is 22.9. The number of aromatic nitrogens is 4. The number of rotatable bonds is 7. The maximum Gasteiger partial charge on any atom is 0.173 e. The highest BCUT2D eigenvalue weighted by atomic mass is 79.9. The van der Waals surface area contributed by atoms with E-state index in [-0.39, 0.29) is 11.5 Å². The number of thiazole rings is 2. The summed E-state index contributed by atoms with van der Waals surface area (Å²) in [5.41, 5.74) is 3.42. The molecule has 0 aliphatic carbocycles. The molecule has 0 aliphatic rings. The van der Waals surface area contributed by atoms with Crippen molar-refractivity contribution in [3.8, 4) is 55.6 Å². The van der Waals surface area contributed by atoms with E-state index >= 15 is 0 Å². The van der Waals surface area contributed by atoms with Gasteiger partial charge in [-0.05, 0) is 58.4 Å². The fourth-order valence-corrected chi connectivity index (χ4v) is 6.96. The van der Waals surface area contributed by atoms with Gasteiger partial charge in [0.2, 0.25) is 0 Å². The van der Waals surface area contributed by atoms with Crippen LogP contribution in [0, 0.1) is 0 Å². The minimum Gasteiger partial charge on any atom is -0.504 e. The van der Waals surface area contributed by atoms with E-state index in [4.69, 9.17) is 24.2 Å². The van der Waals surface area contributed by atoms with Crippen LogP contribution in [0.25, 0.3) is 47.3 Å². The van der Waals surface area contributed by atoms with Crippen LogP contribution in [-0.2, 0) is 0 Å². The lowest BCUT2D eigenvalue weighted by Gasteiger charge is -2.18. The number of methoxy groups -OCH3 is 2. The average Bonchev–Trinajstić information content (AvgIpc) is 3.75. The first kappa shape index (κ1) is 26.4. The van der Waals surface area contributed by atoms with Gasteiger partial charge in [-0.2, -0.15) is 5.10 Å². The lowest BCUT2D eigenvalue weighted by molar-refractivity contribution is 0.389. The number of hydrogen-bond acceptors (Lipinski definition) is 9. The van der Waals surface area contributed by atoms with E-state index in [0.717, 1.165) is 35.5 Å². The molecule has 3 heterocycles. The van der Waals surface area contributed by atoms with Crippen molar-refractivity contribution < 1.29 is 19.3 Å². The smallest absolute Gasteiger partial charge is 0.173 e. The monoisotopic (exact) mass is 656 g/mol. The van der Waals surface area contributed by atoms with Crippen LogP contribution in [0.3, 0.4) is 0 Å². The summed E-state index contributed by atoms with van der Waals surface area (Å²) in [4.78, 5) is 9.68. The van der Waals surface area contributed by atoms with E-state index in [9.17, 15) is 5.11 Å². The molecule has 0 fully saturated rings. The molecule has 1 N–H and O–H groups in total. The second-order valence-electron chi connectivity index (χ2n) is 9.19. The van der Waals surface area contributed by atoms with Crippen LogP contribution >= 0.6 is 38.6 Å². The standard InChI is InChI=1S/C31H21BrN4O4S2/c1-38-18-11-12-22(19(13-18)30-34-20-7-3-5-9-25(20)41-30)40-24-14-23(39-2)28(36-16-17(32)15-33-36)27(29(24)37)31-35-21-8-4-6-10-26(21)42-31/h3-16,37H,1-2H3. The van der Waals surface area contributed by atoms with Gasteiger partial charge < -0.3 is 19.3 Å². The number of nitrogens with zero attached hydrogens (tertiary/aromatic N) is 4. The van der Waals surface area contributed by atoms with Gasteiger partial charge in [0, 0.05) is 12.3 Å². The maximum atomic E-state index is 11.9. The van der Waals surface area contributed by atoms with Gasteiger partial charge in [-0.3, -0.25) is 0 Å². The summed E-state index contributed by atoms with van der Waals surface area (Å²) in [6.45, 7) is 0. The van der Waals surface area contributed by atoms with Gasteiger partial charge >= 0.3 is 0 Å². The van der Waals surface area contributed by atoms with Crippen molar-refractivity contribution >= 4 is 59.0 Å². The molecule has 0 aliphatic heterocycles. The lowest BCUT2D eigenvalue weighted by Crippen LogP contribution is -2.03. The van der Waals surface area contributed by atoms with Crippen molar-refractivity contribution in [2.24, 2.45) is 0 Å². The van der Waals surface area contributed by atoms with Gasteiger partial charge in [0.1, 0.15) is 33.0 Å². The molecule has 11 heteroatoms. The predicted molar refractivity (Wildman–Crippen MR) is 170 cm³/mol. The Hall–Kier alpha value is -4.45. The fourth-order valence-electron chi connectivity index (χ4n) is 4.68. The summed E-state index contributed by atoms with van der Waals surface area (Å²) in [5.74, 6) is 1.71. The summed E-state index contributed by atoms with van der Waals surface area (Å²) < 4.78 is 22.3. The number of aromatic hydroxyl groups is 1. The first-order valence-corrected chi connectivity index (χ1v) is 15.2. The van der Waals surface area contributed by atoms with Gasteiger partial charge in [0.05, 0.1) is 56.4 Å². The molecule has 0 spiro atoms. The molecule has 4 aromatic carbocycles. The molecule has 0 atom stereocenters. The van der Waals surface area contributed by atoms with Crippen LogP contribution in [0.1, 0.15) is 0 Å².